The normalized spacial score (nSPS) is 48.9. The van der Waals surface area contributed by atoms with Gasteiger partial charge in [0.05, 0.1) is 0 Å². The van der Waals surface area contributed by atoms with Crippen LogP contribution in [0.3, 0.4) is 0 Å². The summed E-state index contributed by atoms with van der Waals surface area (Å²) >= 11 is 0. The minimum atomic E-state index is 0.312. The number of hydrogen-bond acceptors (Lipinski definition) is 1. The molecule has 1 aliphatic carbocycles. The molecule has 1 fully saturated rings. The van der Waals surface area contributed by atoms with E-state index in [9.17, 15) is 0 Å². The molecule has 0 bridgehead atoms. The molecular formula is C20H41N. The highest BCUT2D eigenvalue weighted by atomic mass is 14.6. The van der Waals surface area contributed by atoms with E-state index in [0.29, 0.717) is 23.2 Å². The van der Waals surface area contributed by atoms with Gasteiger partial charge in [-0.25, -0.2) is 0 Å². The van der Waals surface area contributed by atoms with Crippen molar-refractivity contribution in [3.05, 3.63) is 0 Å². The van der Waals surface area contributed by atoms with E-state index in [-0.39, 0.29) is 0 Å². The third-order valence-electron chi connectivity index (χ3n) is 8.00. The van der Waals surface area contributed by atoms with Crippen LogP contribution in [0, 0.1) is 52.8 Å². The van der Waals surface area contributed by atoms with Crippen LogP contribution in [0.4, 0.5) is 0 Å². The summed E-state index contributed by atoms with van der Waals surface area (Å²) in [5.74, 6) is 5.96. The van der Waals surface area contributed by atoms with Gasteiger partial charge in [0, 0.05) is 0 Å². The standard InChI is InChI=1S/C20H41N/c1-12-10-13(2)15(4)17(6)19(11-21)20(8,9)18(7)16(5)14(12)3/h12-19H,10-11,21H2,1-9H3. The molecule has 0 aromatic carbocycles. The number of nitrogens with two attached hydrogens (primary N) is 1. The Kier molecular flexibility index (Phi) is 6.36. The van der Waals surface area contributed by atoms with Crippen molar-refractivity contribution < 1.29 is 0 Å². The fourth-order valence-corrected chi connectivity index (χ4v) is 5.09. The van der Waals surface area contributed by atoms with E-state index < -0.39 is 0 Å². The van der Waals surface area contributed by atoms with Crippen molar-refractivity contribution in [3.8, 4) is 0 Å². The van der Waals surface area contributed by atoms with Gasteiger partial charge in [-0.05, 0) is 65.7 Å². The van der Waals surface area contributed by atoms with E-state index in [1.807, 2.05) is 0 Å². The Balaban J connectivity index is 3.22. The predicted octanol–water partition coefficient (Wildman–Crippen LogP) is 5.44. The van der Waals surface area contributed by atoms with Crippen molar-refractivity contribution in [1.82, 2.24) is 0 Å². The van der Waals surface area contributed by atoms with E-state index in [1.165, 1.54) is 6.42 Å². The van der Waals surface area contributed by atoms with Gasteiger partial charge < -0.3 is 5.73 Å². The van der Waals surface area contributed by atoms with Gasteiger partial charge in [0.15, 0.2) is 0 Å². The first-order valence-electron chi connectivity index (χ1n) is 9.25. The van der Waals surface area contributed by atoms with Crippen LogP contribution in [-0.2, 0) is 0 Å². The van der Waals surface area contributed by atoms with Crippen molar-refractivity contribution in [2.45, 2.75) is 68.7 Å². The second-order valence-corrected chi connectivity index (χ2v) is 9.08. The molecule has 8 unspecified atom stereocenters. The molecule has 1 nitrogen and oxygen atoms in total. The van der Waals surface area contributed by atoms with E-state index in [2.05, 4.69) is 62.3 Å². The smallest absolute Gasteiger partial charge is 0.00410 e. The summed E-state index contributed by atoms with van der Waals surface area (Å²) in [4.78, 5) is 0. The lowest BCUT2D eigenvalue weighted by atomic mass is 9.56. The molecule has 8 atom stereocenters. The molecule has 1 heteroatoms. The molecule has 2 N–H and O–H groups in total. The van der Waals surface area contributed by atoms with Crippen LogP contribution in [0.1, 0.15) is 68.7 Å². The van der Waals surface area contributed by atoms with Crippen molar-refractivity contribution in [1.29, 1.82) is 0 Å². The van der Waals surface area contributed by atoms with Gasteiger partial charge in [0.25, 0.3) is 0 Å². The summed E-state index contributed by atoms with van der Waals surface area (Å²) in [7, 11) is 0. The average molecular weight is 296 g/mol. The summed E-state index contributed by atoms with van der Waals surface area (Å²) in [5, 5.41) is 0. The fraction of sp³-hybridized carbons (Fsp3) is 1.00. The molecular weight excluding hydrogens is 254 g/mol. The van der Waals surface area contributed by atoms with Crippen LogP contribution >= 0.6 is 0 Å². The van der Waals surface area contributed by atoms with Gasteiger partial charge in [-0.15, -0.1) is 0 Å². The summed E-state index contributed by atoms with van der Waals surface area (Å²) in [6, 6.07) is 0. The largest absolute Gasteiger partial charge is 0.330 e. The third kappa shape index (κ3) is 3.66. The second kappa shape index (κ2) is 7.02. The predicted molar refractivity (Wildman–Crippen MR) is 95.1 cm³/mol. The van der Waals surface area contributed by atoms with Crippen LogP contribution in [0.25, 0.3) is 0 Å². The zero-order chi connectivity index (χ0) is 16.5. The van der Waals surface area contributed by atoms with E-state index >= 15 is 0 Å². The second-order valence-electron chi connectivity index (χ2n) is 9.08. The highest BCUT2D eigenvalue weighted by Gasteiger charge is 2.44. The molecule has 1 saturated carbocycles. The molecule has 0 radical (unpaired) electrons. The van der Waals surface area contributed by atoms with Gasteiger partial charge in [-0.3, -0.25) is 0 Å². The molecule has 0 heterocycles. The molecule has 0 aromatic heterocycles. The summed E-state index contributed by atoms with van der Waals surface area (Å²) in [6.45, 7) is 23.0. The molecule has 0 amide bonds. The minimum Gasteiger partial charge on any atom is -0.330 e. The first-order chi connectivity index (χ1) is 9.55. The third-order valence-corrected chi connectivity index (χ3v) is 8.00. The first kappa shape index (κ1) is 19.0. The maximum atomic E-state index is 6.26. The van der Waals surface area contributed by atoms with Gasteiger partial charge in [-0.2, -0.15) is 0 Å². The Morgan fingerprint density at radius 2 is 1.19 bits per heavy atom. The van der Waals surface area contributed by atoms with Gasteiger partial charge in [-0.1, -0.05) is 62.3 Å². The SMILES string of the molecule is CC1CC(C)C(C)C(C)C(CN)C(C)(C)C(C)C(C)C1C. The van der Waals surface area contributed by atoms with Crippen molar-refractivity contribution in [2.75, 3.05) is 6.54 Å². The van der Waals surface area contributed by atoms with Crippen LogP contribution in [-0.4, -0.2) is 6.54 Å². The van der Waals surface area contributed by atoms with Crippen LogP contribution in [0.5, 0.6) is 0 Å². The van der Waals surface area contributed by atoms with E-state index in [1.54, 1.807) is 0 Å². The van der Waals surface area contributed by atoms with Crippen molar-refractivity contribution in [2.24, 2.45) is 58.5 Å². The van der Waals surface area contributed by atoms with Crippen LogP contribution in [0.15, 0.2) is 0 Å². The summed E-state index contributed by atoms with van der Waals surface area (Å²) in [5.41, 5.74) is 6.57. The Morgan fingerprint density at radius 1 is 0.762 bits per heavy atom. The molecule has 1 rings (SSSR count). The van der Waals surface area contributed by atoms with E-state index in [0.717, 1.165) is 36.1 Å². The van der Waals surface area contributed by atoms with Crippen LogP contribution in [0.2, 0.25) is 0 Å². The quantitative estimate of drug-likeness (QED) is 0.684. The van der Waals surface area contributed by atoms with Crippen LogP contribution < -0.4 is 5.73 Å². The Morgan fingerprint density at radius 3 is 1.62 bits per heavy atom. The van der Waals surface area contributed by atoms with Crippen molar-refractivity contribution >= 4 is 0 Å². The lowest BCUT2D eigenvalue weighted by molar-refractivity contribution is -0.00613. The average Bonchev–Trinajstić information content (AvgIpc) is 2.42. The minimum absolute atomic E-state index is 0.312. The Bertz CT molecular complexity index is 322. The van der Waals surface area contributed by atoms with Gasteiger partial charge in [0.1, 0.15) is 0 Å². The topological polar surface area (TPSA) is 26.0 Å². The Hall–Kier alpha value is -0.0400. The monoisotopic (exact) mass is 295 g/mol. The Labute approximate surface area is 134 Å². The lowest BCUT2D eigenvalue weighted by Crippen LogP contribution is -2.46. The zero-order valence-electron chi connectivity index (χ0n) is 16.1. The van der Waals surface area contributed by atoms with E-state index in [4.69, 9.17) is 5.73 Å². The number of hydrogen-bond donors (Lipinski definition) is 1. The highest BCUT2D eigenvalue weighted by molar-refractivity contribution is 4.93. The summed E-state index contributed by atoms with van der Waals surface area (Å²) < 4.78 is 0. The lowest BCUT2D eigenvalue weighted by Gasteiger charge is -2.50. The molecule has 0 spiro atoms. The maximum absolute atomic E-state index is 6.26. The molecule has 0 aliphatic heterocycles. The molecule has 0 aromatic rings. The van der Waals surface area contributed by atoms with Gasteiger partial charge >= 0.3 is 0 Å². The maximum Gasteiger partial charge on any atom is -0.00410 e. The molecule has 126 valence electrons. The fourth-order valence-electron chi connectivity index (χ4n) is 5.09. The number of rotatable bonds is 1. The summed E-state index contributed by atoms with van der Waals surface area (Å²) in [6.07, 6.45) is 1.36. The zero-order valence-corrected chi connectivity index (χ0v) is 16.1. The highest BCUT2D eigenvalue weighted by Crippen LogP contribution is 2.49. The molecule has 1 aliphatic rings. The van der Waals surface area contributed by atoms with Gasteiger partial charge in [0.2, 0.25) is 0 Å². The van der Waals surface area contributed by atoms with Crippen molar-refractivity contribution in [3.63, 3.8) is 0 Å². The first-order valence-corrected chi connectivity index (χ1v) is 9.25. The molecule has 21 heavy (non-hydrogen) atoms. The molecule has 0 saturated heterocycles.